The minimum Gasteiger partial charge on any atom is -0.465 e. The number of hydrogen-bond acceptors (Lipinski definition) is 4. The number of ether oxygens (including phenoxy) is 2. The van der Waals surface area contributed by atoms with E-state index in [1.54, 1.807) is 6.08 Å². The fourth-order valence-electron chi connectivity index (χ4n) is 2.71. The number of esters is 2. The van der Waals surface area contributed by atoms with Gasteiger partial charge >= 0.3 is 11.9 Å². The van der Waals surface area contributed by atoms with E-state index in [9.17, 15) is 9.59 Å². The maximum absolute atomic E-state index is 12.2. The smallest absolute Gasteiger partial charge is 0.345 e. The van der Waals surface area contributed by atoms with Gasteiger partial charge in [-0.3, -0.25) is 0 Å². The van der Waals surface area contributed by atoms with Crippen LogP contribution in [0.3, 0.4) is 0 Å². The van der Waals surface area contributed by atoms with E-state index in [4.69, 9.17) is 4.74 Å². The fraction of sp³-hybridized carbons (Fsp3) is 0.158. The highest BCUT2D eigenvalue weighted by Crippen LogP contribution is 2.39. The standard InChI is InChI=1S/C19H16O4/c1-22-18(20)16-12-15(13-8-4-2-5-9-13)17(23-19(16)21)14-10-6-3-7-11-14/h2-12,15,17H,1H3/t15-,17-/m0/s1. The molecule has 116 valence electrons. The normalized spacial score (nSPS) is 20.4. The highest BCUT2D eigenvalue weighted by Gasteiger charge is 2.36. The molecule has 2 atom stereocenters. The Morgan fingerprint density at radius 3 is 2.09 bits per heavy atom. The summed E-state index contributed by atoms with van der Waals surface area (Å²) in [6, 6.07) is 19.2. The van der Waals surface area contributed by atoms with E-state index in [0.717, 1.165) is 11.1 Å². The molecule has 0 fully saturated rings. The van der Waals surface area contributed by atoms with Crippen LogP contribution in [0.5, 0.6) is 0 Å². The molecule has 0 radical (unpaired) electrons. The van der Waals surface area contributed by atoms with Crippen LogP contribution in [0.2, 0.25) is 0 Å². The molecular formula is C19H16O4. The third-order valence-electron chi connectivity index (χ3n) is 3.84. The number of carbonyl (C=O) groups excluding carboxylic acids is 2. The quantitative estimate of drug-likeness (QED) is 0.645. The molecule has 4 heteroatoms. The van der Waals surface area contributed by atoms with Crippen LogP contribution in [-0.2, 0) is 19.1 Å². The average Bonchev–Trinajstić information content (AvgIpc) is 2.62. The Labute approximate surface area is 134 Å². The third-order valence-corrected chi connectivity index (χ3v) is 3.84. The molecule has 2 aromatic rings. The number of methoxy groups -OCH3 is 1. The van der Waals surface area contributed by atoms with Crippen molar-refractivity contribution in [2.45, 2.75) is 12.0 Å². The zero-order valence-electron chi connectivity index (χ0n) is 12.6. The van der Waals surface area contributed by atoms with E-state index in [0.29, 0.717) is 0 Å². The molecule has 0 saturated heterocycles. The van der Waals surface area contributed by atoms with E-state index in [1.165, 1.54) is 7.11 Å². The Hall–Kier alpha value is -2.88. The van der Waals surface area contributed by atoms with Gasteiger partial charge in [-0.05, 0) is 11.1 Å². The van der Waals surface area contributed by atoms with Crippen LogP contribution in [0.1, 0.15) is 23.1 Å². The molecule has 0 unspecified atom stereocenters. The van der Waals surface area contributed by atoms with Crippen molar-refractivity contribution < 1.29 is 19.1 Å². The second kappa shape index (κ2) is 6.48. The van der Waals surface area contributed by atoms with Crippen molar-refractivity contribution in [1.82, 2.24) is 0 Å². The molecule has 2 aromatic carbocycles. The first-order valence-corrected chi connectivity index (χ1v) is 7.31. The molecule has 1 aliphatic rings. The van der Waals surface area contributed by atoms with Crippen LogP contribution >= 0.6 is 0 Å². The molecule has 0 N–H and O–H groups in total. The minimum atomic E-state index is -0.678. The van der Waals surface area contributed by atoms with Gasteiger partial charge in [-0.25, -0.2) is 9.59 Å². The molecule has 23 heavy (non-hydrogen) atoms. The predicted octanol–water partition coefficient (Wildman–Crippen LogP) is 3.17. The van der Waals surface area contributed by atoms with Crippen molar-refractivity contribution in [2.75, 3.05) is 7.11 Å². The first-order valence-electron chi connectivity index (χ1n) is 7.31. The van der Waals surface area contributed by atoms with Gasteiger partial charge in [0.25, 0.3) is 0 Å². The van der Waals surface area contributed by atoms with Gasteiger partial charge in [0.1, 0.15) is 11.7 Å². The molecule has 0 bridgehead atoms. The van der Waals surface area contributed by atoms with Gasteiger partial charge < -0.3 is 9.47 Å². The summed E-state index contributed by atoms with van der Waals surface area (Å²) in [5.74, 6) is -1.58. The van der Waals surface area contributed by atoms with Gasteiger partial charge in [0.15, 0.2) is 0 Å². The van der Waals surface area contributed by atoms with Gasteiger partial charge in [0.05, 0.1) is 7.11 Å². The number of hydrogen-bond donors (Lipinski definition) is 0. The zero-order chi connectivity index (χ0) is 16.2. The largest absolute Gasteiger partial charge is 0.465 e. The first-order chi connectivity index (χ1) is 11.2. The lowest BCUT2D eigenvalue weighted by atomic mass is 9.85. The summed E-state index contributed by atoms with van der Waals surface area (Å²) in [6.07, 6.45) is 1.17. The maximum Gasteiger partial charge on any atom is 0.345 e. The van der Waals surface area contributed by atoms with Crippen LogP contribution in [-0.4, -0.2) is 19.0 Å². The number of cyclic esters (lactones) is 1. The molecule has 0 aromatic heterocycles. The second-order valence-corrected chi connectivity index (χ2v) is 5.24. The summed E-state index contributed by atoms with van der Waals surface area (Å²) >= 11 is 0. The second-order valence-electron chi connectivity index (χ2n) is 5.24. The molecule has 1 heterocycles. The lowest BCUT2D eigenvalue weighted by Gasteiger charge is -2.30. The predicted molar refractivity (Wildman–Crippen MR) is 84.6 cm³/mol. The Kier molecular flexibility index (Phi) is 4.24. The molecule has 0 amide bonds. The van der Waals surface area contributed by atoms with Crippen LogP contribution in [0.4, 0.5) is 0 Å². The third kappa shape index (κ3) is 3.01. The highest BCUT2D eigenvalue weighted by molar-refractivity contribution is 6.14. The molecule has 0 spiro atoms. The molecule has 3 rings (SSSR count). The monoisotopic (exact) mass is 308 g/mol. The summed E-state index contributed by atoms with van der Waals surface area (Å²) < 4.78 is 10.2. The Morgan fingerprint density at radius 1 is 0.957 bits per heavy atom. The molecule has 4 nitrogen and oxygen atoms in total. The number of benzene rings is 2. The van der Waals surface area contributed by atoms with E-state index in [-0.39, 0.29) is 11.5 Å². The van der Waals surface area contributed by atoms with Crippen LogP contribution in [0.25, 0.3) is 0 Å². The average molecular weight is 308 g/mol. The van der Waals surface area contributed by atoms with E-state index < -0.39 is 18.0 Å². The Balaban J connectivity index is 2.08. The highest BCUT2D eigenvalue weighted by atomic mass is 16.6. The van der Waals surface area contributed by atoms with Crippen LogP contribution in [0, 0.1) is 0 Å². The van der Waals surface area contributed by atoms with Gasteiger partial charge in [0.2, 0.25) is 0 Å². The lowest BCUT2D eigenvalue weighted by molar-refractivity contribution is -0.151. The van der Waals surface area contributed by atoms with Crippen LogP contribution in [0.15, 0.2) is 72.3 Å². The number of rotatable bonds is 3. The van der Waals surface area contributed by atoms with Crippen molar-refractivity contribution in [3.05, 3.63) is 83.4 Å². The summed E-state index contributed by atoms with van der Waals surface area (Å²) in [6.45, 7) is 0. The van der Waals surface area contributed by atoms with Gasteiger partial charge in [-0.1, -0.05) is 66.7 Å². The molecular weight excluding hydrogens is 292 g/mol. The summed E-state index contributed by atoms with van der Waals surface area (Å²) in [4.78, 5) is 24.0. The van der Waals surface area contributed by atoms with E-state index in [1.807, 2.05) is 60.7 Å². The van der Waals surface area contributed by atoms with Gasteiger partial charge in [0, 0.05) is 5.92 Å². The number of carbonyl (C=O) groups is 2. The summed E-state index contributed by atoms with van der Waals surface area (Å²) in [5.41, 5.74) is 1.79. The molecule has 0 aliphatic carbocycles. The SMILES string of the molecule is COC(=O)C1=C[C@@H](c2ccccc2)[C@H](c2ccccc2)OC1=O. The van der Waals surface area contributed by atoms with Crippen molar-refractivity contribution in [1.29, 1.82) is 0 Å². The van der Waals surface area contributed by atoms with E-state index in [2.05, 4.69) is 4.74 Å². The van der Waals surface area contributed by atoms with Crippen molar-refractivity contribution in [3.63, 3.8) is 0 Å². The minimum absolute atomic E-state index is 0.0615. The Morgan fingerprint density at radius 2 is 1.52 bits per heavy atom. The lowest BCUT2D eigenvalue weighted by Crippen LogP contribution is -2.28. The van der Waals surface area contributed by atoms with Crippen molar-refractivity contribution >= 4 is 11.9 Å². The zero-order valence-corrected chi connectivity index (χ0v) is 12.6. The first kappa shape index (κ1) is 15.0. The fourth-order valence-corrected chi connectivity index (χ4v) is 2.71. The summed E-state index contributed by atoms with van der Waals surface area (Å²) in [5, 5.41) is 0. The molecule has 0 saturated carbocycles. The van der Waals surface area contributed by atoms with Crippen molar-refractivity contribution in [2.24, 2.45) is 0 Å². The summed E-state index contributed by atoms with van der Waals surface area (Å²) in [7, 11) is 1.25. The van der Waals surface area contributed by atoms with Gasteiger partial charge in [-0.15, -0.1) is 0 Å². The van der Waals surface area contributed by atoms with Crippen molar-refractivity contribution in [3.8, 4) is 0 Å². The molecule has 1 aliphatic heterocycles. The van der Waals surface area contributed by atoms with E-state index >= 15 is 0 Å². The maximum atomic E-state index is 12.2. The topological polar surface area (TPSA) is 52.6 Å². The van der Waals surface area contributed by atoms with Crippen LogP contribution < -0.4 is 0 Å². The van der Waals surface area contributed by atoms with Gasteiger partial charge in [-0.2, -0.15) is 0 Å². The Bertz CT molecular complexity index is 734.